The van der Waals surface area contributed by atoms with Crippen molar-refractivity contribution in [3.05, 3.63) is 71.0 Å². The Morgan fingerprint density at radius 2 is 1.81 bits per heavy atom. The molecule has 1 aliphatic rings. The lowest BCUT2D eigenvalue weighted by Crippen LogP contribution is -2.40. The summed E-state index contributed by atoms with van der Waals surface area (Å²) in [6.07, 6.45) is 4.32. The number of hydrogen-bond donors (Lipinski definition) is 1. The van der Waals surface area contributed by atoms with Crippen LogP contribution in [0.5, 0.6) is 0 Å². The average Bonchev–Trinajstić information content (AvgIpc) is 2.69. The topological polar surface area (TPSA) is 49.4 Å². The van der Waals surface area contributed by atoms with E-state index < -0.39 is 5.82 Å². The number of hydrogen-bond acceptors (Lipinski definition) is 2. The van der Waals surface area contributed by atoms with Gasteiger partial charge in [-0.15, -0.1) is 0 Å². The van der Waals surface area contributed by atoms with Gasteiger partial charge in [-0.05, 0) is 48.7 Å². The van der Waals surface area contributed by atoms with Crippen LogP contribution < -0.4 is 5.32 Å². The zero-order chi connectivity index (χ0) is 19.2. The maximum absolute atomic E-state index is 13.2. The molecule has 2 aromatic rings. The van der Waals surface area contributed by atoms with Crippen LogP contribution in [0.4, 0.5) is 10.1 Å². The van der Waals surface area contributed by atoms with E-state index in [1.54, 1.807) is 17.0 Å². The lowest BCUT2D eigenvalue weighted by atomic mass is 9.95. The first kappa shape index (κ1) is 19.1. The zero-order valence-corrected chi connectivity index (χ0v) is 15.5. The van der Waals surface area contributed by atoms with Crippen molar-refractivity contribution in [3.63, 3.8) is 0 Å². The fourth-order valence-corrected chi connectivity index (χ4v) is 3.21. The Labute approximate surface area is 162 Å². The van der Waals surface area contributed by atoms with E-state index in [1.165, 1.54) is 18.2 Å². The molecule has 0 atom stereocenters. The normalized spacial score (nSPS) is 15.1. The molecule has 6 heteroatoms. The zero-order valence-electron chi connectivity index (χ0n) is 14.7. The van der Waals surface area contributed by atoms with Crippen LogP contribution >= 0.6 is 11.6 Å². The lowest BCUT2D eigenvalue weighted by Gasteiger charge is -2.30. The minimum Gasteiger partial charge on any atom is -0.339 e. The van der Waals surface area contributed by atoms with Gasteiger partial charge in [-0.1, -0.05) is 35.9 Å². The number of rotatable bonds is 4. The Morgan fingerprint density at radius 1 is 1.11 bits per heavy atom. The molecule has 1 heterocycles. The number of nitrogens with one attached hydrogen (secondary N) is 1. The van der Waals surface area contributed by atoms with Crippen molar-refractivity contribution in [2.45, 2.75) is 12.8 Å². The molecule has 0 unspecified atom stereocenters. The first-order chi connectivity index (χ1) is 13.0. The third kappa shape index (κ3) is 5.17. The summed E-state index contributed by atoms with van der Waals surface area (Å²) in [4.78, 5) is 26.4. The van der Waals surface area contributed by atoms with Crippen LogP contribution in [0.3, 0.4) is 0 Å². The number of nitrogens with zero attached hydrogens (tertiary/aromatic N) is 1. The number of anilines is 1. The number of carbonyl (C=O) groups excluding carboxylic acids is 2. The highest BCUT2D eigenvalue weighted by Gasteiger charge is 2.26. The van der Waals surface area contributed by atoms with Gasteiger partial charge in [0.15, 0.2) is 0 Å². The molecule has 0 bridgehead atoms. The smallest absolute Gasteiger partial charge is 0.246 e. The summed E-state index contributed by atoms with van der Waals surface area (Å²) in [6.45, 7) is 1.06. The molecular formula is C21H20ClFN2O2. The van der Waals surface area contributed by atoms with Crippen LogP contribution in [-0.4, -0.2) is 29.8 Å². The highest BCUT2D eigenvalue weighted by molar-refractivity contribution is 6.30. The van der Waals surface area contributed by atoms with Gasteiger partial charge in [-0.2, -0.15) is 0 Å². The molecule has 1 aliphatic heterocycles. The molecule has 1 N–H and O–H groups in total. The molecule has 4 nitrogen and oxygen atoms in total. The van der Waals surface area contributed by atoms with Gasteiger partial charge in [0.05, 0.1) is 5.02 Å². The minimum absolute atomic E-state index is 0.00945. The molecule has 0 spiro atoms. The van der Waals surface area contributed by atoms with Gasteiger partial charge < -0.3 is 10.2 Å². The van der Waals surface area contributed by atoms with Crippen molar-refractivity contribution in [1.29, 1.82) is 0 Å². The van der Waals surface area contributed by atoms with Crippen molar-refractivity contribution in [3.8, 4) is 0 Å². The van der Waals surface area contributed by atoms with Crippen LogP contribution in [0, 0.1) is 11.7 Å². The van der Waals surface area contributed by atoms with E-state index in [0.29, 0.717) is 31.5 Å². The number of amides is 2. The van der Waals surface area contributed by atoms with Crippen LogP contribution in [0.1, 0.15) is 18.4 Å². The van der Waals surface area contributed by atoms with Crippen molar-refractivity contribution in [2.24, 2.45) is 5.92 Å². The number of likely N-dealkylation sites (tertiary alicyclic amines) is 1. The van der Waals surface area contributed by atoms with Gasteiger partial charge in [-0.25, -0.2) is 4.39 Å². The monoisotopic (exact) mass is 386 g/mol. The first-order valence-electron chi connectivity index (χ1n) is 8.81. The number of para-hydroxylation sites is 1. The van der Waals surface area contributed by atoms with Crippen LogP contribution in [0.25, 0.3) is 6.08 Å². The first-order valence-corrected chi connectivity index (χ1v) is 9.18. The molecule has 27 heavy (non-hydrogen) atoms. The number of carbonyl (C=O) groups is 2. The van der Waals surface area contributed by atoms with E-state index in [2.05, 4.69) is 5.32 Å². The van der Waals surface area contributed by atoms with Crippen LogP contribution in [0.2, 0.25) is 5.02 Å². The molecule has 0 radical (unpaired) electrons. The number of piperidine rings is 1. The summed E-state index contributed by atoms with van der Waals surface area (Å²) in [5.74, 6) is -0.729. The minimum atomic E-state index is -0.490. The fourth-order valence-electron chi connectivity index (χ4n) is 3.02. The predicted molar refractivity (Wildman–Crippen MR) is 105 cm³/mol. The second-order valence-corrected chi connectivity index (χ2v) is 6.87. The van der Waals surface area contributed by atoms with E-state index >= 15 is 0 Å². The quantitative estimate of drug-likeness (QED) is 0.793. The van der Waals surface area contributed by atoms with Gasteiger partial charge in [0, 0.05) is 30.8 Å². The van der Waals surface area contributed by atoms with Crippen molar-refractivity contribution in [2.75, 3.05) is 18.4 Å². The molecule has 140 valence electrons. The van der Waals surface area contributed by atoms with Gasteiger partial charge in [0.1, 0.15) is 5.82 Å². The standard InChI is InChI=1S/C21H20ClFN2O2/c22-18-14-15(6-8-19(18)23)7-9-20(26)25-12-10-16(11-13-25)21(27)24-17-4-2-1-3-5-17/h1-9,14,16H,10-13H2,(H,24,27)/b9-7+. The maximum Gasteiger partial charge on any atom is 0.246 e. The molecule has 1 saturated heterocycles. The van der Waals surface area contributed by atoms with E-state index in [1.807, 2.05) is 30.3 Å². The molecule has 3 rings (SSSR count). The van der Waals surface area contributed by atoms with Crippen LogP contribution in [-0.2, 0) is 9.59 Å². The Bertz CT molecular complexity index is 847. The van der Waals surface area contributed by atoms with E-state index in [0.717, 1.165) is 5.69 Å². The Balaban J connectivity index is 1.50. The Hall–Kier alpha value is -2.66. The van der Waals surface area contributed by atoms with Gasteiger partial charge in [0.25, 0.3) is 0 Å². The van der Waals surface area contributed by atoms with Gasteiger partial charge in [-0.3, -0.25) is 9.59 Å². The Morgan fingerprint density at radius 3 is 2.48 bits per heavy atom. The third-order valence-electron chi connectivity index (χ3n) is 4.58. The highest BCUT2D eigenvalue weighted by Crippen LogP contribution is 2.21. The molecule has 2 amide bonds. The molecule has 0 aromatic heterocycles. The summed E-state index contributed by atoms with van der Waals surface area (Å²) in [5.41, 5.74) is 1.44. The second kappa shape index (κ2) is 8.82. The summed E-state index contributed by atoms with van der Waals surface area (Å²) >= 11 is 5.74. The summed E-state index contributed by atoms with van der Waals surface area (Å²) in [7, 11) is 0. The van der Waals surface area contributed by atoms with Gasteiger partial charge >= 0.3 is 0 Å². The number of benzene rings is 2. The average molecular weight is 387 g/mol. The third-order valence-corrected chi connectivity index (χ3v) is 4.87. The summed E-state index contributed by atoms with van der Waals surface area (Å²) in [6, 6.07) is 13.6. The predicted octanol–water partition coefficient (Wildman–Crippen LogP) is 4.37. The highest BCUT2D eigenvalue weighted by atomic mass is 35.5. The fraction of sp³-hybridized carbons (Fsp3) is 0.238. The summed E-state index contributed by atoms with van der Waals surface area (Å²) in [5, 5.41) is 2.94. The maximum atomic E-state index is 13.2. The molecular weight excluding hydrogens is 367 g/mol. The van der Waals surface area contributed by atoms with E-state index in [-0.39, 0.29) is 22.8 Å². The van der Waals surface area contributed by atoms with E-state index in [4.69, 9.17) is 11.6 Å². The van der Waals surface area contributed by atoms with Crippen molar-refractivity contribution in [1.82, 2.24) is 4.90 Å². The van der Waals surface area contributed by atoms with Crippen LogP contribution in [0.15, 0.2) is 54.6 Å². The van der Waals surface area contributed by atoms with Crippen molar-refractivity contribution >= 4 is 35.2 Å². The van der Waals surface area contributed by atoms with E-state index in [9.17, 15) is 14.0 Å². The molecule has 0 saturated carbocycles. The largest absolute Gasteiger partial charge is 0.339 e. The lowest BCUT2D eigenvalue weighted by molar-refractivity contribution is -0.130. The Kier molecular flexibility index (Phi) is 6.24. The molecule has 0 aliphatic carbocycles. The van der Waals surface area contributed by atoms with Gasteiger partial charge in [0.2, 0.25) is 11.8 Å². The SMILES string of the molecule is O=C(Nc1ccccc1)C1CCN(C(=O)/C=C/c2ccc(F)c(Cl)c2)CC1. The molecule has 2 aromatic carbocycles. The molecule has 1 fully saturated rings. The van der Waals surface area contributed by atoms with Crippen molar-refractivity contribution < 1.29 is 14.0 Å². The second-order valence-electron chi connectivity index (χ2n) is 6.46. The summed E-state index contributed by atoms with van der Waals surface area (Å²) < 4.78 is 13.2. The number of halogens is 2.